The van der Waals surface area contributed by atoms with Gasteiger partial charge < -0.3 is 10.1 Å². The molecular formula is C14H13F2NO2S. The van der Waals surface area contributed by atoms with E-state index in [-0.39, 0.29) is 24.3 Å². The van der Waals surface area contributed by atoms with Crippen LogP contribution in [0, 0.1) is 11.6 Å². The highest BCUT2D eigenvalue weighted by molar-refractivity contribution is 7.10. The van der Waals surface area contributed by atoms with Crippen molar-refractivity contribution >= 4 is 17.2 Å². The molecule has 0 saturated carbocycles. The first-order chi connectivity index (χ1) is 9.56. The predicted molar refractivity (Wildman–Crippen MR) is 72.7 cm³/mol. The topological polar surface area (TPSA) is 38.3 Å². The summed E-state index contributed by atoms with van der Waals surface area (Å²) >= 11 is 1.53. The smallest absolute Gasteiger partial charge is 0.258 e. The van der Waals surface area contributed by atoms with E-state index in [9.17, 15) is 13.6 Å². The molecule has 0 saturated heterocycles. The number of carbonyl (C=O) groups excluding carboxylic acids is 1. The van der Waals surface area contributed by atoms with Crippen molar-refractivity contribution in [3.63, 3.8) is 0 Å². The van der Waals surface area contributed by atoms with Crippen molar-refractivity contribution in [2.45, 2.75) is 13.0 Å². The van der Waals surface area contributed by atoms with Gasteiger partial charge in [0.25, 0.3) is 5.91 Å². The molecule has 0 unspecified atom stereocenters. The lowest BCUT2D eigenvalue weighted by Crippen LogP contribution is -2.31. The van der Waals surface area contributed by atoms with E-state index in [1.165, 1.54) is 11.3 Å². The fraction of sp³-hybridized carbons (Fsp3) is 0.214. The molecule has 106 valence electrons. The first-order valence-electron chi connectivity index (χ1n) is 5.97. The van der Waals surface area contributed by atoms with Crippen molar-refractivity contribution in [1.82, 2.24) is 5.32 Å². The van der Waals surface area contributed by atoms with Crippen LogP contribution in [0.25, 0.3) is 0 Å². The summed E-state index contributed by atoms with van der Waals surface area (Å²) in [6, 6.07) is 6.61. The molecule has 0 fully saturated rings. The third-order valence-electron chi connectivity index (χ3n) is 2.60. The molecule has 1 aromatic heterocycles. The van der Waals surface area contributed by atoms with E-state index in [0.29, 0.717) is 6.07 Å². The van der Waals surface area contributed by atoms with Crippen LogP contribution in [0.2, 0.25) is 0 Å². The molecule has 0 spiro atoms. The summed E-state index contributed by atoms with van der Waals surface area (Å²) in [5, 5.41) is 4.65. The van der Waals surface area contributed by atoms with E-state index in [1.807, 2.05) is 24.4 Å². The van der Waals surface area contributed by atoms with Crippen LogP contribution >= 0.6 is 11.3 Å². The lowest BCUT2D eigenvalue weighted by Gasteiger charge is -2.13. The van der Waals surface area contributed by atoms with E-state index in [4.69, 9.17) is 4.74 Å². The highest BCUT2D eigenvalue weighted by atomic mass is 32.1. The van der Waals surface area contributed by atoms with E-state index >= 15 is 0 Å². The number of nitrogens with one attached hydrogen (secondary N) is 1. The molecule has 0 bridgehead atoms. The zero-order valence-electron chi connectivity index (χ0n) is 10.7. The molecule has 3 nitrogen and oxygen atoms in total. The number of hydrogen-bond donors (Lipinski definition) is 1. The monoisotopic (exact) mass is 297 g/mol. The third kappa shape index (κ3) is 3.77. The fourth-order valence-corrected chi connectivity index (χ4v) is 2.36. The molecule has 1 N–H and O–H groups in total. The Labute approximate surface area is 119 Å². The summed E-state index contributed by atoms with van der Waals surface area (Å²) in [6.45, 7) is 1.53. The van der Waals surface area contributed by atoms with Gasteiger partial charge in [-0.1, -0.05) is 6.07 Å². The first-order valence-corrected chi connectivity index (χ1v) is 6.85. The molecule has 20 heavy (non-hydrogen) atoms. The van der Waals surface area contributed by atoms with Crippen LogP contribution in [0.3, 0.4) is 0 Å². The number of amides is 1. The Morgan fingerprint density at radius 2 is 2.20 bits per heavy atom. The molecular weight excluding hydrogens is 284 g/mol. The van der Waals surface area contributed by atoms with Gasteiger partial charge in [-0.3, -0.25) is 4.79 Å². The third-order valence-corrected chi connectivity index (χ3v) is 3.66. The molecule has 1 atom stereocenters. The average Bonchev–Trinajstić information content (AvgIpc) is 2.91. The number of ether oxygens (including phenoxy) is 1. The van der Waals surface area contributed by atoms with Crippen LogP contribution in [0.1, 0.15) is 17.8 Å². The molecule has 0 aliphatic heterocycles. The van der Waals surface area contributed by atoms with Gasteiger partial charge in [0.05, 0.1) is 6.04 Å². The second kappa shape index (κ2) is 6.47. The molecule has 2 rings (SSSR count). The van der Waals surface area contributed by atoms with Crippen molar-refractivity contribution in [3.05, 3.63) is 52.2 Å². The number of carbonyl (C=O) groups is 1. The zero-order valence-corrected chi connectivity index (χ0v) is 11.5. The molecule has 2 aromatic rings. The SMILES string of the molecule is C[C@H](NC(=O)COc1ccc(F)cc1F)c1cccs1. The normalized spacial score (nSPS) is 11.9. The highest BCUT2D eigenvalue weighted by Crippen LogP contribution is 2.19. The van der Waals surface area contributed by atoms with Crippen LogP contribution in [0.4, 0.5) is 8.78 Å². The predicted octanol–water partition coefficient (Wildman–Crippen LogP) is 3.28. The quantitative estimate of drug-likeness (QED) is 0.919. The lowest BCUT2D eigenvalue weighted by molar-refractivity contribution is -0.123. The molecule has 1 aromatic carbocycles. The van der Waals surface area contributed by atoms with Crippen molar-refractivity contribution in [1.29, 1.82) is 0 Å². The Morgan fingerprint density at radius 1 is 1.40 bits per heavy atom. The Bertz CT molecular complexity index is 587. The van der Waals surface area contributed by atoms with Crippen molar-refractivity contribution in [2.24, 2.45) is 0 Å². The molecule has 0 aliphatic rings. The van der Waals surface area contributed by atoms with Gasteiger partial charge in [-0.05, 0) is 30.5 Å². The minimum absolute atomic E-state index is 0.135. The van der Waals surface area contributed by atoms with Gasteiger partial charge in [0.2, 0.25) is 0 Å². The largest absolute Gasteiger partial charge is 0.481 e. The Kier molecular flexibility index (Phi) is 4.68. The number of benzene rings is 1. The Balaban J connectivity index is 1.86. The van der Waals surface area contributed by atoms with Crippen LogP contribution in [0.15, 0.2) is 35.7 Å². The summed E-state index contributed by atoms with van der Waals surface area (Å²) < 4.78 is 31.0. The summed E-state index contributed by atoms with van der Waals surface area (Å²) in [5.74, 6) is -2.03. The standard InChI is InChI=1S/C14H13F2NO2S/c1-9(13-3-2-6-20-13)17-14(18)8-19-12-5-4-10(15)7-11(12)16/h2-7,9H,8H2,1H3,(H,17,18)/t9-/m0/s1. The van der Waals surface area contributed by atoms with Crippen molar-refractivity contribution < 1.29 is 18.3 Å². The zero-order chi connectivity index (χ0) is 14.5. The maximum atomic E-state index is 13.3. The van der Waals surface area contributed by atoms with Gasteiger partial charge in [0, 0.05) is 10.9 Å². The number of hydrogen-bond acceptors (Lipinski definition) is 3. The van der Waals surface area contributed by atoms with Crippen LogP contribution < -0.4 is 10.1 Å². The van der Waals surface area contributed by atoms with E-state index in [2.05, 4.69) is 5.32 Å². The van der Waals surface area contributed by atoms with Crippen molar-refractivity contribution in [2.75, 3.05) is 6.61 Å². The van der Waals surface area contributed by atoms with Gasteiger partial charge in [0.1, 0.15) is 5.82 Å². The van der Waals surface area contributed by atoms with Crippen molar-refractivity contribution in [3.8, 4) is 5.75 Å². The summed E-state index contributed by atoms with van der Waals surface area (Å²) in [4.78, 5) is 12.7. The minimum Gasteiger partial charge on any atom is -0.481 e. The summed E-state index contributed by atoms with van der Waals surface area (Å²) in [6.07, 6.45) is 0. The molecule has 1 heterocycles. The molecule has 1 amide bonds. The van der Waals surface area contributed by atoms with Gasteiger partial charge in [-0.2, -0.15) is 0 Å². The molecule has 0 radical (unpaired) electrons. The van der Waals surface area contributed by atoms with Crippen LogP contribution in [-0.4, -0.2) is 12.5 Å². The second-order valence-corrected chi connectivity index (χ2v) is 5.15. The summed E-state index contributed by atoms with van der Waals surface area (Å²) in [7, 11) is 0. The maximum absolute atomic E-state index is 13.3. The molecule has 0 aliphatic carbocycles. The van der Waals surface area contributed by atoms with Gasteiger partial charge in [-0.15, -0.1) is 11.3 Å². The van der Waals surface area contributed by atoms with Crippen LogP contribution in [0.5, 0.6) is 5.75 Å². The van der Waals surface area contributed by atoms with Crippen LogP contribution in [-0.2, 0) is 4.79 Å². The van der Waals surface area contributed by atoms with Gasteiger partial charge >= 0.3 is 0 Å². The summed E-state index contributed by atoms with van der Waals surface area (Å²) in [5.41, 5.74) is 0. The second-order valence-electron chi connectivity index (χ2n) is 4.17. The fourth-order valence-electron chi connectivity index (χ4n) is 1.63. The Morgan fingerprint density at radius 3 is 2.85 bits per heavy atom. The highest BCUT2D eigenvalue weighted by Gasteiger charge is 2.12. The minimum atomic E-state index is -0.830. The maximum Gasteiger partial charge on any atom is 0.258 e. The van der Waals surface area contributed by atoms with Gasteiger partial charge in [0.15, 0.2) is 18.2 Å². The van der Waals surface area contributed by atoms with Gasteiger partial charge in [-0.25, -0.2) is 8.78 Å². The van der Waals surface area contributed by atoms with E-state index in [1.54, 1.807) is 0 Å². The van der Waals surface area contributed by atoms with E-state index < -0.39 is 11.6 Å². The lowest BCUT2D eigenvalue weighted by atomic mass is 10.3. The number of halogens is 2. The first kappa shape index (κ1) is 14.5. The number of thiophene rings is 1. The van der Waals surface area contributed by atoms with E-state index in [0.717, 1.165) is 17.0 Å². The average molecular weight is 297 g/mol. The number of rotatable bonds is 5. The Hall–Kier alpha value is -1.95. The molecule has 6 heteroatoms.